The van der Waals surface area contributed by atoms with Crippen molar-refractivity contribution < 1.29 is 27.9 Å². The Labute approximate surface area is 237 Å². The summed E-state index contributed by atoms with van der Waals surface area (Å²) in [6.45, 7) is 4.94. The molecular formula is C30H35F2N5O4. The van der Waals surface area contributed by atoms with Gasteiger partial charge < -0.3 is 10.1 Å². The first-order valence-electron chi connectivity index (χ1n) is 14.1. The zero-order chi connectivity index (χ0) is 28.9. The molecule has 1 saturated carbocycles. The van der Waals surface area contributed by atoms with Gasteiger partial charge in [-0.3, -0.25) is 14.9 Å². The number of urea groups is 1. The smallest absolute Gasteiger partial charge is 0.320 e. The molecule has 2 heterocycles. The lowest BCUT2D eigenvalue weighted by molar-refractivity contribution is -0.144. The number of halogens is 2. The lowest BCUT2D eigenvalue weighted by Crippen LogP contribution is -2.42. The van der Waals surface area contributed by atoms with Crippen LogP contribution in [0.1, 0.15) is 56.3 Å². The number of hydroxylamine groups is 2. The molecule has 9 nitrogen and oxygen atoms in total. The number of amides is 2. The van der Waals surface area contributed by atoms with Gasteiger partial charge in [0, 0.05) is 25.9 Å². The number of hydrogen-bond donors (Lipinski definition) is 2. The molecule has 2 aromatic carbocycles. The number of likely N-dealkylation sites (N-methyl/N-ethyl adjacent to an activating group) is 1. The number of carbonyl (C=O) groups excluding carboxylic acids is 2. The first kappa shape index (κ1) is 28.7. The number of benzene rings is 2. The van der Waals surface area contributed by atoms with E-state index in [9.17, 15) is 18.4 Å². The summed E-state index contributed by atoms with van der Waals surface area (Å²) in [4.78, 5) is 31.3. The average Bonchev–Trinajstić information content (AvgIpc) is 3.61. The number of Topliss-reactive ketones (excluding diaryl/α,β-unsaturated/α-hetero) is 1. The van der Waals surface area contributed by atoms with Crippen LogP contribution < -0.4 is 15.4 Å². The summed E-state index contributed by atoms with van der Waals surface area (Å²) in [5, 5.41) is 12.1. The van der Waals surface area contributed by atoms with Crippen LogP contribution in [0.5, 0.6) is 5.88 Å². The zero-order valence-corrected chi connectivity index (χ0v) is 23.2. The predicted molar refractivity (Wildman–Crippen MR) is 149 cm³/mol. The second-order valence-corrected chi connectivity index (χ2v) is 10.5. The van der Waals surface area contributed by atoms with Crippen LogP contribution in [0.2, 0.25) is 0 Å². The van der Waals surface area contributed by atoms with Crippen molar-refractivity contribution in [3.63, 3.8) is 0 Å². The summed E-state index contributed by atoms with van der Waals surface area (Å²) in [6.07, 6.45) is 3.32. The standard InChI is InChI=1S/C30H35F2N5O4/c1-3-36-18-26(27(41-36)21-13-14-24(31)25(32)17-21)33-30(39)34-28-19(2)29(35-37(28)22-8-5-4-6-9-22)40-15-7-10-23(38)16-20-11-12-20/h4-6,8-9,13-14,17,20,26-27H,3,7,10-12,15-16,18H2,1-2H3,(H2,33,34,39)/t26-,27+/m1/s1. The van der Waals surface area contributed by atoms with Gasteiger partial charge in [0.2, 0.25) is 5.88 Å². The number of aromatic nitrogens is 2. The van der Waals surface area contributed by atoms with Crippen molar-refractivity contribution in [2.75, 3.05) is 25.0 Å². The second-order valence-electron chi connectivity index (χ2n) is 10.5. The fourth-order valence-corrected chi connectivity index (χ4v) is 4.91. The first-order chi connectivity index (χ1) is 19.8. The number of nitrogens with one attached hydrogen (secondary N) is 2. The fourth-order valence-electron chi connectivity index (χ4n) is 4.91. The molecule has 0 radical (unpaired) electrons. The minimum absolute atomic E-state index is 0.265. The van der Waals surface area contributed by atoms with Gasteiger partial charge in [-0.25, -0.2) is 18.3 Å². The number of nitrogens with zero attached hydrogens (tertiary/aromatic N) is 3. The van der Waals surface area contributed by atoms with Crippen LogP contribution in [-0.4, -0.2) is 52.4 Å². The van der Waals surface area contributed by atoms with Gasteiger partial charge in [0.25, 0.3) is 0 Å². The van der Waals surface area contributed by atoms with E-state index < -0.39 is 29.8 Å². The highest BCUT2D eigenvalue weighted by Gasteiger charge is 2.36. The lowest BCUT2D eigenvalue weighted by Gasteiger charge is -2.19. The molecule has 11 heteroatoms. The van der Waals surface area contributed by atoms with E-state index in [1.54, 1.807) is 16.7 Å². The van der Waals surface area contributed by atoms with Crippen LogP contribution in [0.3, 0.4) is 0 Å². The summed E-state index contributed by atoms with van der Waals surface area (Å²) >= 11 is 0. The third-order valence-electron chi connectivity index (χ3n) is 7.33. The second kappa shape index (κ2) is 12.8. The quantitative estimate of drug-likeness (QED) is 0.281. The van der Waals surface area contributed by atoms with Crippen molar-refractivity contribution in [1.82, 2.24) is 20.2 Å². The molecule has 0 unspecified atom stereocenters. The molecule has 5 rings (SSSR count). The van der Waals surface area contributed by atoms with Crippen LogP contribution >= 0.6 is 0 Å². The molecule has 2 atom stereocenters. The van der Waals surface area contributed by atoms with Crippen molar-refractivity contribution in [1.29, 1.82) is 0 Å². The van der Waals surface area contributed by atoms with Crippen LogP contribution in [-0.2, 0) is 9.63 Å². The van der Waals surface area contributed by atoms with Gasteiger partial charge in [-0.15, -0.1) is 5.10 Å². The van der Waals surface area contributed by atoms with Crippen LogP contribution in [0.25, 0.3) is 5.69 Å². The minimum Gasteiger partial charge on any atom is -0.476 e. The van der Waals surface area contributed by atoms with E-state index >= 15 is 0 Å². The summed E-state index contributed by atoms with van der Waals surface area (Å²) in [5.74, 6) is -0.315. The van der Waals surface area contributed by atoms with Gasteiger partial charge in [0.15, 0.2) is 11.6 Å². The van der Waals surface area contributed by atoms with Crippen molar-refractivity contribution in [3.8, 4) is 11.6 Å². The number of anilines is 1. The Hall–Kier alpha value is -3.83. The van der Waals surface area contributed by atoms with Gasteiger partial charge in [-0.2, -0.15) is 5.06 Å². The molecule has 1 aliphatic carbocycles. The van der Waals surface area contributed by atoms with E-state index in [-0.39, 0.29) is 5.78 Å². The van der Waals surface area contributed by atoms with Crippen molar-refractivity contribution >= 4 is 17.6 Å². The van der Waals surface area contributed by atoms with Crippen LogP contribution in [0.4, 0.5) is 19.4 Å². The maximum atomic E-state index is 14.0. The Morgan fingerprint density at radius 2 is 1.90 bits per heavy atom. The van der Waals surface area contributed by atoms with Crippen LogP contribution in [0, 0.1) is 24.5 Å². The van der Waals surface area contributed by atoms with Gasteiger partial charge in [-0.05, 0) is 61.9 Å². The van der Waals surface area contributed by atoms with Gasteiger partial charge in [0.1, 0.15) is 17.7 Å². The number of hydrogen-bond acceptors (Lipinski definition) is 6. The maximum absolute atomic E-state index is 14.0. The fraction of sp³-hybridized carbons (Fsp3) is 0.433. The largest absolute Gasteiger partial charge is 0.476 e. The number of carbonyl (C=O) groups is 2. The monoisotopic (exact) mass is 567 g/mol. The highest BCUT2D eigenvalue weighted by molar-refractivity contribution is 5.90. The molecular weight excluding hydrogens is 532 g/mol. The van der Waals surface area contributed by atoms with E-state index in [1.807, 2.05) is 37.3 Å². The summed E-state index contributed by atoms with van der Waals surface area (Å²) in [7, 11) is 0. The van der Waals surface area contributed by atoms with Gasteiger partial charge in [0.05, 0.1) is 23.9 Å². The molecule has 1 aliphatic heterocycles. The molecule has 2 N–H and O–H groups in total. The Balaban J connectivity index is 1.29. The highest BCUT2D eigenvalue weighted by atomic mass is 19.2. The molecule has 1 saturated heterocycles. The maximum Gasteiger partial charge on any atom is 0.320 e. The minimum atomic E-state index is -0.980. The Kier molecular flexibility index (Phi) is 8.94. The van der Waals surface area contributed by atoms with E-state index in [0.717, 1.165) is 30.7 Å². The average molecular weight is 568 g/mol. The number of ether oxygens (including phenoxy) is 1. The zero-order valence-electron chi connectivity index (χ0n) is 23.2. The molecule has 3 aromatic rings. The molecule has 2 aliphatic rings. The Morgan fingerprint density at radius 3 is 2.61 bits per heavy atom. The SMILES string of the molecule is CCN1C[C@@H](NC(=O)Nc2c(C)c(OCCCC(=O)CC3CC3)nn2-c2ccccc2)[C@H](c2ccc(F)c(F)c2)O1. The third-order valence-corrected chi connectivity index (χ3v) is 7.33. The van der Waals surface area contributed by atoms with Crippen molar-refractivity contribution in [2.45, 2.75) is 58.1 Å². The molecule has 41 heavy (non-hydrogen) atoms. The number of ketones is 1. The van der Waals surface area contributed by atoms with E-state index in [2.05, 4.69) is 15.7 Å². The summed E-state index contributed by atoms with van der Waals surface area (Å²) in [5.41, 5.74) is 1.77. The number of para-hydroxylation sites is 1. The van der Waals surface area contributed by atoms with Crippen molar-refractivity contribution in [3.05, 3.63) is 71.3 Å². The summed E-state index contributed by atoms with van der Waals surface area (Å²) < 4.78 is 35.0. The molecule has 1 aromatic heterocycles. The van der Waals surface area contributed by atoms with E-state index in [1.165, 1.54) is 6.07 Å². The molecule has 0 spiro atoms. The van der Waals surface area contributed by atoms with Crippen molar-refractivity contribution in [2.24, 2.45) is 5.92 Å². The topological polar surface area (TPSA) is 97.7 Å². The lowest BCUT2D eigenvalue weighted by atomic mass is 10.0. The Morgan fingerprint density at radius 1 is 1.12 bits per heavy atom. The predicted octanol–water partition coefficient (Wildman–Crippen LogP) is 5.49. The van der Waals surface area contributed by atoms with E-state index in [0.29, 0.717) is 67.7 Å². The van der Waals surface area contributed by atoms with Crippen LogP contribution in [0.15, 0.2) is 48.5 Å². The number of rotatable bonds is 12. The molecule has 2 fully saturated rings. The Bertz CT molecular complexity index is 1380. The molecule has 2 amide bonds. The molecule has 218 valence electrons. The van der Waals surface area contributed by atoms with E-state index in [4.69, 9.17) is 9.57 Å². The first-order valence-corrected chi connectivity index (χ1v) is 14.1. The highest BCUT2D eigenvalue weighted by Crippen LogP contribution is 2.33. The third kappa shape index (κ3) is 7.09. The van der Waals surface area contributed by atoms with Gasteiger partial charge >= 0.3 is 6.03 Å². The normalized spacial score (nSPS) is 18.8. The summed E-state index contributed by atoms with van der Waals surface area (Å²) in [6, 6.07) is 11.9. The molecule has 0 bridgehead atoms. The van der Waals surface area contributed by atoms with Gasteiger partial charge in [-0.1, -0.05) is 31.2 Å².